The lowest BCUT2D eigenvalue weighted by Crippen LogP contribution is -1.95. The summed E-state index contributed by atoms with van der Waals surface area (Å²) in [4.78, 5) is 10.1. The van der Waals surface area contributed by atoms with Crippen molar-refractivity contribution in [1.82, 2.24) is 0 Å². The molecule has 0 saturated heterocycles. The Bertz CT molecular complexity index is 674. The topological polar surface area (TPSA) is 52.4 Å². The molecule has 0 aliphatic heterocycles. The molecule has 2 rings (SSSR count). The lowest BCUT2D eigenvalue weighted by molar-refractivity contribution is -0.385. The maximum absolute atomic E-state index is 13.3. The molecule has 0 bridgehead atoms. The van der Waals surface area contributed by atoms with Gasteiger partial charge in [0, 0.05) is 16.6 Å². The molecule has 2 aromatic carbocycles. The predicted octanol–water partition coefficient (Wildman–Crippen LogP) is 5.19. The van der Waals surface area contributed by atoms with Gasteiger partial charge in [-0.05, 0) is 28.1 Å². The summed E-state index contributed by atoms with van der Waals surface area (Å²) < 4.78 is 32.2. The van der Waals surface area contributed by atoms with Gasteiger partial charge in [0.1, 0.15) is 17.4 Å². The summed E-state index contributed by atoms with van der Waals surface area (Å²) in [6.07, 6.45) is 0. The lowest BCUT2D eigenvalue weighted by atomic mass is 10.3. The van der Waals surface area contributed by atoms with E-state index < -0.39 is 22.2 Å². The van der Waals surface area contributed by atoms with E-state index in [1.165, 1.54) is 12.1 Å². The molecule has 20 heavy (non-hydrogen) atoms. The second-order valence-electron chi connectivity index (χ2n) is 3.70. The van der Waals surface area contributed by atoms with E-state index in [4.69, 9.17) is 4.74 Å². The van der Waals surface area contributed by atoms with Crippen molar-refractivity contribution in [3.05, 3.63) is 61.0 Å². The van der Waals surface area contributed by atoms with Crippen molar-refractivity contribution in [2.45, 2.75) is 0 Å². The average Bonchev–Trinajstić information content (AvgIpc) is 2.31. The molecule has 0 aromatic heterocycles. The average molecular weight is 409 g/mol. The van der Waals surface area contributed by atoms with Gasteiger partial charge in [-0.1, -0.05) is 15.9 Å². The Morgan fingerprint density at radius 3 is 2.40 bits per heavy atom. The molecular formula is C12H5Br2F2NO3. The Morgan fingerprint density at radius 1 is 1.10 bits per heavy atom. The number of benzene rings is 2. The van der Waals surface area contributed by atoms with E-state index in [0.29, 0.717) is 4.47 Å². The number of halogens is 4. The minimum Gasteiger partial charge on any atom is -0.450 e. The minimum atomic E-state index is -0.788. The highest BCUT2D eigenvalue weighted by atomic mass is 79.9. The molecule has 8 heteroatoms. The van der Waals surface area contributed by atoms with E-state index in [0.717, 1.165) is 18.2 Å². The van der Waals surface area contributed by atoms with Crippen LogP contribution in [0.15, 0.2) is 39.3 Å². The van der Waals surface area contributed by atoms with Gasteiger partial charge in [0.2, 0.25) is 5.75 Å². The molecule has 0 atom stereocenters. The van der Waals surface area contributed by atoms with Crippen LogP contribution in [0.5, 0.6) is 11.5 Å². The lowest BCUT2D eigenvalue weighted by Gasteiger charge is -2.08. The van der Waals surface area contributed by atoms with Gasteiger partial charge >= 0.3 is 5.69 Å². The van der Waals surface area contributed by atoms with Crippen molar-refractivity contribution in [3.8, 4) is 11.5 Å². The minimum absolute atomic E-state index is 0.00793. The monoisotopic (exact) mass is 407 g/mol. The van der Waals surface area contributed by atoms with Crippen LogP contribution in [-0.4, -0.2) is 4.92 Å². The van der Waals surface area contributed by atoms with Gasteiger partial charge in [0.15, 0.2) is 0 Å². The first-order chi connectivity index (χ1) is 9.36. The van der Waals surface area contributed by atoms with Crippen LogP contribution in [0.3, 0.4) is 0 Å². The fraction of sp³-hybridized carbons (Fsp3) is 0. The number of hydrogen-bond donors (Lipinski definition) is 0. The first-order valence-corrected chi connectivity index (χ1v) is 6.73. The van der Waals surface area contributed by atoms with Crippen LogP contribution in [0, 0.1) is 21.7 Å². The zero-order valence-corrected chi connectivity index (χ0v) is 12.7. The Labute approximate surface area is 128 Å². The summed E-state index contributed by atoms with van der Waals surface area (Å²) >= 11 is 5.99. The van der Waals surface area contributed by atoms with Gasteiger partial charge in [-0.25, -0.2) is 8.78 Å². The summed E-state index contributed by atoms with van der Waals surface area (Å²) in [7, 11) is 0. The Hall–Kier alpha value is -1.54. The van der Waals surface area contributed by atoms with E-state index in [2.05, 4.69) is 31.9 Å². The van der Waals surface area contributed by atoms with Crippen LogP contribution in [0.4, 0.5) is 14.5 Å². The highest BCUT2D eigenvalue weighted by Gasteiger charge is 2.20. The third-order valence-electron chi connectivity index (χ3n) is 2.26. The SMILES string of the molecule is O=[N+]([O-])c1cc(F)c(Br)cc1Oc1cc(F)cc(Br)c1. The van der Waals surface area contributed by atoms with E-state index in [9.17, 15) is 18.9 Å². The number of ether oxygens (including phenoxy) is 1. The molecule has 104 valence electrons. The fourth-order valence-electron chi connectivity index (χ4n) is 1.46. The maximum Gasteiger partial charge on any atom is 0.314 e. The molecule has 2 aromatic rings. The third kappa shape index (κ3) is 3.31. The second-order valence-corrected chi connectivity index (χ2v) is 5.47. The van der Waals surface area contributed by atoms with Gasteiger partial charge in [0.05, 0.1) is 15.5 Å². The normalized spacial score (nSPS) is 10.4. The third-order valence-corrected chi connectivity index (χ3v) is 3.33. The largest absolute Gasteiger partial charge is 0.450 e. The zero-order chi connectivity index (χ0) is 14.9. The standard InChI is InChI=1S/C12H5Br2F2NO3/c13-6-1-7(15)3-8(2-6)20-12-4-9(14)10(16)5-11(12)17(18)19/h1-5H. The summed E-state index contributed by atoms with van der Waals surface area (Å²) in [6, 6.07) is 5.55. The Balaban J connectivity index is 2.47. The molecule has 0 unspecified atom stereocenters. The first kappa shape index (κ1) is 14.9. The van der Waals surface area contributed by atoms with Gasteiger partial charge in [0.25, 0.3) is 0 Å². The van der Waals surface area contributed by atoms with Gasteiger partial charge in [-0.2, -0.15) is 0 Å². The number of hydrogen-bond acceptors (Lipinski definition) is 3. The van der Waals surface area contributed by atoms with Crippen molar-refractivity contribution in [3.63, 3.8) is 0 Å². The number of nitro groups is 1. The van der Waals surface area contributed by atoms with Crippen LogP contribution in [0.2, 0.25) is 0 Å². The maximum atomic E-state index is 13.3. The fourth-order valence-corrected chi connectivity index (χ4v) is 2.22. The van der Waals surface area contributed by atoms with Crippen LogP contribution in [0.1, 0.15) is 0 Å². The smallest absolute Gasteiger partial charge is 0.314 e. The number of rotatable bonds is 3. The summed E-state index contributed by atoms with van der Waals surface area (Å²) in [5.41, 5.74) is -0.550. The van der Waals surface area contributed by atoms with Crippen LogP contribution < -0.4 is 4.74 Å². The van der Waals surface area contributed by atoms with E-state index >= 15 is 0 Å². The summed E-state index contributed by atoms with van der Waals surface area (Å²) in [5.74, 6) is -1.50. The van der Waals surface area contributed by atoms with E-state index in [-0.39, 0.29) is 16.0 Å². The molecular weight excluding hydrogens is 404 g/mol. The van der Waals surface area contributed by atoms with Crippen molar-refractivity contribution >= 4 is 37.5 Å². The highest BCUT2D eigenvalue weighted by molar-refractivity contribution is 9.10. The van der Waals surface area contributed by atoms with Crippen molar-refractivity contribution in [2.75, 3.05) is 0 Å². The molecule has 0 aliphatic rings. The van der Waals surface area contributed by atoms with Crippen molar-refractivity contribution < 1.29 is 18.4 Å². The molecule has 0 aliphatic carbocycles. The predicted molar refractivity (Wildman–Crippen MR) is 74.9 cm³/mol. The second kappa shape index (κ2) is 5.84. The van der Waals surface area contributed by atoms with Gasteiger partial charge < -0.3 is 4.74 Å². The van der Waals surface area contributed by atoms with Gasteiger partial charge in [-0.3, -0.25) is 10.1 Å². The summed E-state index contributed by atoms with van der Waals surface area (Å²) in [6.45, 7) is 0. The molecule has 4 nitrogen and oxygen atoms in total. The van der Waals surface area contributed by atoms with Crippen molar-refractivity contribution in [1.29, 1.82) is 0 Å². The van der Waals surface area contributed by atoms with E-state index in [1.54, 1.807) is 0 Å². The zero-order valence-electron chi connectivity index (χ0n) is 9.57. The first-order valence-electron chi connectivity index (χ1n) is 5.14. The Kier molecular flexibility index (Phi) is 4.34. The summed E-state index contributed by atoms with van der Waals surface area (Å²) in [5, 5.41) is 10.9. The van der Waals surface area contributed by atoms with Crippen LogP contribution in [0.25, 0.3) is 0 Å². The number of nitrogens with zero attached hydrogens (tertiary/aromatic N) is 1. The molecule has 0 N–H and O–H groups in total. The molecule has 0 radical (unpaired) electrons. The quantitative estimate of drug-likeness (QED) is 0.518. The van der Waals surface area contributed by atoms with Gasteiger partial charge in [-0.15, -0.1) is 0 Å². The van der Waals surface area contributed by atoms with E-state index in [1.807, 2.05) is 0 Å². The molecule has 0 saturated carbocycles. The van der Waals surface area contributed by atoms with Crippen molar-refractivity contribution in [2.24, 2.45) is 0 Å². The molecule has 0 amide bonds. The molecule has 0 fully saturated rings. The van der Waals surface area contributed by atoms with Crippen LogP contribution >= 0.6 is 31.9 Å². The Morgan fingerprint density at radius 2 is 1.80 bits per heavy atom. The molecule has 0 spiro atoms. The van der Waals surface area contributed by atoms with Crippen LogP contribution in [-0.2, 0) is 0 Å². The number of nitro benzene ring substituents is 1. The highest BCUT2D eigenvalue weighted by Crippen LogP contribution is 2.36. The molecule has 0 heterocycles.